The van der Waals surface area contributed by atoms with Crippen molar-refractivity contribution in [2.75, 3.05) is 12.4 Å². The van der Waals surface area contributed by atoms with Gasteiger partial charge >= 0.3 is 0 Å². The maximum atomic E-state index is 4.16. The number of nitrogens with one attached hydrogen (secondary N) is 1. The van der Waals surface area contributed by atoms with E-state index in [4.69, 9.17) is 0 Å². The molecule has 12 heavy (non-hydrogen) atoms. The zero-order valence-electron chi connectivity index (χ0n) is 6.83. The monoisotopic (exact) mass is 157 g/mol. The maximum absolute atomic E-state index is 4.16. The molecule has 2 rings (SSSR count). The minimum atomic E-state index is 0.907. The van der Waals surface area contributed by atoms with Gasteiger partial charge in [0.05, 0.1) is 0 Å². The van der Waals surface area contributed by atoms with Gasteiger partial charge < -0.3 is 5.32 Å². The summed E-state index contributed by atoms with van der Waals surface area (Å²) in [6, 6.07) is 11.1. The fourth-order valence-electron chi connectivity index (χ4n) is 1.25. The Morgan fingerprint density at radius 3 is 3.00 bits per heavy atom. The molecule has 0 aliphatic heterocycles. The fourth-order valence-corrected chi connectivity index (χ4v) is 1.25. The quantitative estimate of drug-likeness (QED) is 0.685. The van der Waals surface area contributed by atoms with E-state index in [-0.39, 0.29) is 0 Å². The summed E-state index contributed by atoms with van der Waals surface area (Å²) >= 11 is 0. The molecule has 2 aromatic rings. The van der Waals surface area contributed by atoms with Crippen LogP contribution in [-0.4, -0.2) is 12.0 Å². The molecular weight excluding hydrogens is 148 g/mol. The van der Waals surface area contributed by atoms with Crippen molar-refractivity contribution in [3.05, 3.63) is 36.5 Å². The van der Waals surface area contributed by atoms with E-state index in [1.54, 1.807) is 6.20 Å². The molecule has 2 nitrogen and oxygen atoms in total. The first-order valence-corrected chi connectivity index (χ1v) is 3.85. The van der Waals surface area contributed by atoms with Crippen LogP contribution in [0.2, 0.25) is 0 Å². The first-order valence-electron chi connectivity index (χ1n) is 3.85. The molecule has 0 unspecified atom stereocenters. The standard InChI is InChI=1S/C10H9N2/c1-11-10-9-5-3-2-4-8(9)6-7-12-10/h2-5,7H,1H3,(H,11,12). The van der Waals surface area contributed by atoms with Gasteiger partial charge in [-0.2, -0.15) is 0 Å². The lowest BCUT2D eigenvalue weighted by atomic mass is 10.2. The van der Waals surface area contributed by atoms with E-state index in [0.717, 1.165) is 16.6 Å². The van der Waals surface area contributed by atoms with E-state index in [9.17, 15) is 0 Å². The number of benzene rings is 1. The van der Waals surface area contributed by atoms with Crippen molar-refractivity contribution < 1.29 is 0 Å². The van der Waals surface area contributed by atoms with Gasteiger partial charge in [0.15, 0.2) is 0 Å². The zero-order chi connectivity index (χ0) is 8.39. The minimum Gasteiger partial charge on any atom is -0.373 e. The lowest BCUT2D eigenvalue weighted by Gasteiger charge is -2.02. The molecule has 0 amide bonds. The van der Waals surface area contributed by atoms with Crippen LogP contribution in [0.1, 0.15) is 0 Å². The van der Waals surface area contributed by atoms with Gasteiger partial charge in [0.2, 0.25) is 0 Å². The zero-order valence-corrected chi connectivity index (χ0v) is 6.83. The van der Waals surface area contributed by atoms with E-state index in [0.29, 0.717) is 0 Å². The molecular formula is C10H9N2. The Balaban J connectivity index is 2.79. The van der Waals surface area contributed by atoms with Gasteiger partial charge in [-0.05, 0) is 5.39 Å². The minimum absolute atomic E-state index is 0.907. The third-order valence-corrected chi connectivity index (χ3v) is 1.83. The van der Waals surface area contributed by atoms with Crippen molar-refractivity contribution in [3.8, 4) is 0 Å². The summed E-state index contributed by atoms with van der Waals surface area (Å²) in [4.78, 5) is 4.16. The van der Waals surface area contributed by atoms with Crippen LogP contribution in [-0.2, 0) is 0 Å². The predicted molar refractivity (Wildman–Crippen MR) is 50.1 cm³/mol. The second kappa shape index (κ2) is 2.81. The molecule has 0 saturated heterocycles. The molecule has 1 N–H and O–H groups in total. The summed E-state index contributed by atoms with van der Waals surface area (Å²) in [6.07, 6.45) is 1.69. The number of aromatic nitrogens is 1. The van der Waals surface area contributed by atoms with Gasteiger partial charge in [-0.3, -0.25) is 0 Å². The highest BCUT2D eigenvalue weighted by molar-refractivity contribution is 5.90. The van der Waals surface area contributed by atoms with Crippen molar-refractivity contribution in [1.82, 2.24) is 4.98 Å². The molecule has 1 aromatic heterocycles. The van der Waals surface area contributed by atoms with Crippen LogP contribution in [0.5, 0.6) is 0 Å². The van der Waals surface area contributed by atoms with Crippen LogP contribution in [0.25, 0.3) is 10.8 Å². The first-order chi connectivity index (χ1) is 5.92. The van der Waals surface area contributed by atoms with Gasteiger partial charge in [-0.1, -0.05) is 24.3 Å². The number of rotatable bonds is 1. The fraction of sp³-hybridized carbons (Fsp3) is 0.100. The predicted octanol–water partition coefficient (Wildman–Crippen LogP) is 2.08. The Hall–Kier alpha value is -1.57. The van der Waals surface area contributed by atoms with Crippen LogP contribution in [0.4, 0.5) is 5.82 Å². The van der Waals surface area contributed by atoms with Crippen LogP contribution in [0.3, 0.4) is 0 Å². The molecule has 0 atom stereocenters. The van der Waals surface area contributed by atoms with E-state index < -0.39 is 0 Å². The van der Waals surface area contributed by atoms with Crippen LogP contribution >= 0.6 is 0 Å². The SMILES string of the molecule is CNc1nc[c]c2ccccc12. The van der Waals surface area contributed by atoms with Gasteiger partial charge in [-0.15, -0.1) is 0 Å². The lowest BCUT2D eigenvalue weighted by molar-refractivity contribution is 1.31. The summed E-state index contributed by atoms with van der Waals surface area (Å²) in [6.45, 7) is 0. The van der Waals surface area contributed by atoms with Gasteiger partial charge in [0.25, 0.3) is 0 Å². The molecule has 0 spiro atoms. The number of hydrogen-bond acceptors (Lipinski definition) is 2. The van der Waals surface area contributed by atoms with Crippen molar-refractivity contribution in [2.24, 2.45) is 0 Å². The van der Waals surface area contributed by atoms with E-state index in [1.807, 2.05) is 31.3 Å². The highest BCUT2D eigenvalue weighted by atomic mass is 14.9. The molecule has 2 heteroatoms. The summed E-state index contributed by atoms with van der Waals surface area (Å²) < 4.78 is 0. The van der Waals surface area contributed by atoms with Crippen LogP contribution < -0.4 is 5.32 Å². The smallest absolute Gasteiger partial charge is 0.133 e. The van der Waals surface area contributed by atoms with E-state index in [2.05, 4.69) is 16.4 Å². The van der Waals surface area contributed by atoms with E-state index in [1.165, 1.54) is 0 Å². The summed E-state index contributed by atoms with van der Waals surface area (Å²) in [7, 11) is 1.87. The van der Waals surface area contributed by atoms with Crippen molar-refractivity contribution in [2.45, 2.75) is 0 Å². The number of hydrogen-bond donors (Lipinski definition) is 1. The number of fused-ring (bicyclic) bond motifs is 1. The largest absolute Gasteiger partial charge is 0.373 e. The van der Waals surface area contributed by atoms with Gasteiger partial charge in [0.1, 0.15) is 5.82 Å². The highest BCUT2D eigenvalue weighted by Crippen LogP contribution is 2.18. The molecule has 59 valence electrons. The normalized spacial score (nSPS) is 10.1. The highest BCUT2D eigenvalue weighted by Gasteiger charge is 1.97. The number of nitrogens with zero attached hydrogens (tertiary/aromatic N) is 1. The van der Waals surface area contributed by atoms with Gasteiger partial charge in [0, 0.05) is 24.7 Å². The second-order valence-corrected chi connectivity index (χ2v) is 2.55. The maximum Gasteiger partial charge on any atom is 0.133 e. The molecule has 0 bridgehead atoms. The Bertz CT molecular complexity index is 390. The Morgan fingerprint density at radius 2 is 2.17 bits per heavy atom. The molecule has 1 aromatic carbocycles. The Morgan fingerprint density at radius 1 is 1.33 bits per heavy atom. The third kappa shape index (κ3) is 1.01. The second-order valence-electron chi connectivity index (χ2n) is 2.55. The summed E-state index contributed by atoms with van der Waals surface area (Å²) in [5, 5.41) is 5.25. The summed E-state index contributed by atoms with van der Waals surface area (Å²) in [5.74, 6) is 0.907. The lowest BCUT2D eigenvalue weighted by Crippen LogP contribution is -1.92. The van der Waals surface area contributed by atoms with Crippen LogP contribution in [0, 0.1) is 6.07 Å². The topological polar surface area (TPSA) is 24.9 Å². The average molecular weight is 157 g/mol. The Kier molecular flexibility index (Phi) is 1.67. The Labute approximate surface area is 71.2 Å². The molecule has 1 radical (unpaired) electrons. The van der Waals surface area contributed by atoms with Crippen LogP contribution in [0.15, 0.2) is 30.5 Å². The van der Waals surface area contributed by atoms with Crippen molar-refractivity contribution in [1.29, 1.82) is 0 Å². The third-order valence-electron chi connectivity index (χ3n) is 1.83. The molecule has 0 aliphatic carbocycles. The van der Waals surface area contributed by atoms with Crippen molar-refractivity contribution >= 4 is 16.6 Å². The first kappa shape index (κ1) is 7.10. The number of pyridine rings is 1. The summed E-state index contributed by atoms with van der Waals surface area (Å²) in [5.41, 5.74) is 0. The molecule has 1 heterocycles. The van der Waals surface area contributed by atoms with Crippen molar-refractivity contribution in [3.63, 3.8) is 0 Å². The van der Waals surface area contributed by atoms with E-state index >= 15 is 0 Å². The average Bonchev–Trinajstić information content (AvgIpc) is 2.17. The number of anilines is 1. The van der Waals surface area contributed by atoms with Gasteiger partial charge in [-0.25, -0.2) is 4.98 Å². The molecule has 0 aliphatic rings. The molecule has 0 fully saturated rings. The molecule has 0 saturated carbocycles.